The van der Waals surface area contributed by atoms with Crippen LogP contribution in [0.1, 0.15) is 119 Å². The van der Waals surface area contributed by atoms with Gasteiger partial charge in [-0.15, -0.1) is 24.8 Å². The second-order valence-corrected chi connectivity index (χ2v) is 18.0. The van der Waals surface area contributed by atoms with E-state index in [0.29, 0.717) is 25.9 Å². The van der Waals surface area contributed by atoms with Gasteiger partial charge in [-0.3, -0.25) is 19.2 Å². The van der Waals surface area contributed by atoms with Crippen LogP contribution in [0.5, 0.6) is 0 Å². The summed E-state index contributed by atoms with van der Waals surface area (Å²) in [4.78, 5) is 53.6. The van der Waals surface area contributed by atoms with Gasteiger partial charge in [0.05, 0.1) is 13.2 Å². The Hall–Kier alpha value is -0.740. The Morgan fingerprint density at radius 2 is 0.885 bits per heavy atom. The number of halogens is 2. The highest BCUT2D eigenvalue weighted by molar-refractivity contribution is 8.78. The molecule has 52 heavy (non-hydrogen) atoms. The second kappa shape index (κ2) is 34.7. The lowest BCUT2D eigenvalue weighted by atomic mass is 10.1. The van der Waals surface area contributed by atoms with Crippen LogP contribution in [0.4, 0.5) is 0 Å². The highest BCUT2D eigenvalue weighted by Crippen LogP contribution is 2.34. The summed E-state index contributed by atoms with van der Waals surface area (Å²) in [6.07, 6.45) is 18.0. The van der Waals surface area contributed by atoms with Gasteiger partial charge in [-0.05, 0) is 51.0 Å². The molecule has 0 aromatic rings. The molecule has 0 saturated carbocycles. The molecule has 2 amide bonds. The fourth-order valence-corrected chi connectivity index (χ4v) is 8.53. The van der Waals surface area contributed by atoms with E-state index in [9.17, 15) is 19.2 Å². The first kappa shape index (κ1) is 55.6. The molecule has 0 aliphatic carbocycles. The SMILES string of the molecule is CSS/C(CCOC(=O)[C@@H](N)C(C)C)=C(/C)N(C=O)CCCCCCCCCCCCN(C=O)/C(C)=C(/CCOC(=O)[C@@H](N)C(C)C)SSC.Cl.Cl. The number of carbonyl (C=O) groups excluding carboxylic acids is 4. The Kier molecular flexibility index (Phi) is 37.1. The molecule has 0 rings (SSSR count). The third-order valence-electron chi connectivity index (χ3n) is 8.47. The smallest absolute Gasteiger partial charge is 0.323 e. The first-order valence-electron chi connectivity index (χ1n) is 17.9. The van der Waals surface area contributed by atoms with E-state index in [0.717, 1.165) is 72.5 Å². The molecule has 0 aliphatic rings. The molecule has 4 N–H and O–H groups in total. The number of amides is 2. The van der Waals surface area contributed by atoms with Gasteiger partial charge in [0.25, 0.3) is 0 Å². The van der Waals surface area contributed by atoms with E-state index in [1.165, 1.54) is 25.7 Å². The second-order valence-electron chi connectivity index (χ2n) is 13.0. The third kappa shape index (κ3) is 24.6. The molecule has 0 bridgehead atoms. The summed E-state index contributed by atoms with van der Waals surface area (Å²) in [6, 6.07) is -1.25. The largest absolute Gasteiger partial charge is 0.464 e. The molecule has 0 aliphatic heterocycles. The van der Waals surface area contributed by atoms with Crippen LogP contribution in [0.15, 0.2) is 21.2 Å². The zero-order valence-corrected chi connectivity index (χ0v) is 37.6. The first-order chi connectivity index (χ1) is 23.9. The van der Waals surface area contributed by atoms with Crippen LogP contribution in [0.25, 0.3) is 0 Å². The predicted molar refractivity (Wildman–Crippen MR) is 231 cm³/mol. The highest BCUT2D eigenvalue weighted by Gasteiger charge is 2.20. The van der Waals surface area contributed by atoms with Crippen molar-refractivity contribution in [2.45, 2.75) is 131 Å². The monoisotopic (exact) mass is 850 g/mol. The topological polar surface area (TPSA) is 145 Å². The van der Waals surface area contributed by atoms with Crippen molar-refractivity contribution < 1.29 is 28.7 Å². The van der Waals surface area contributed by atoms with Crippen LogP contribution in [0, 0.1) is 11.8 Å². The molecule has 0 radical (unpaired) electrons. The maximum atomic E-state index is 12.1. The predicted octanol–water partition coefficient (Wildman–Crippen LogP) is 8.97. The molecule has 10 nitrogen and oxygen atoms in total. The summed E-state index contributed by atoms with van der Waals surface area (Å²) in [5.41, 5.74) is 13.6. The highest BCUT2D eigenvalue weighted by atomic mass is 35.5. The summed E-state index contributed by atoms with van der Waals surface area (Å²) in [5, 5.41) is 0. The quantitative estimate of drug-likeness (QED) is 0.0297. The Bertz CT molecular complexity index is 976. The number of nitrogens with two attached hydrogens (primary N) is 2. The maximum Gasteiger partial charge on any atom is 0.323 e. The minimum absolute atomic E-state index is 0. The molecular formula is C36H68Cl2N4O6S4. The Balaban J connectivity index is -0.0000120. The Morgan fingerprint density at radius 3 is 1.13 bits per heavy atom. The van der Waals surface area contributed by atoms with Crippen molar-refractivity contribution in [3.05, 3.63) is 21.2 Å². The number of esters is 2. The van der Waals surface area contributed by atoms with Crippen LogP contribution < -0.4 is 11.5 Å². The Morgan fingerprint density at radius 1 is 0.596 bits per heavy atom. The van der Waals surface area contributed by atoms with Gasteiger partial charge in [0, 0.05) is 47.1 Å². The van der Waals surface area contributed by atoms with Crippen LogP contribution in [-0.4, -0.2) is 85.5 Å². The van der Waals surface area contributed by atoms with Crippen LogP contribution in [-0.2, 0) is 28.7 Å². The first-order valence-corrected chi connectivity index (χ1v) is 23.1. The van der Waals surface area contributed by atoms with Gasteiger partial charge in [0.2, 0.25) is 12.8 Å². The summed E-state index contributed by atoms with van der Waals surface area (Å²) in [5.74, 6) is -0.733. The molecular weight excluding hydrogens is 784 g/mol. The van der Waals surface area contributed by atoms with Crippen LogP contribution in [0.2, 0.25) is 0 Å². The van der Waals surface area contributed by atoms with Gasteiger partial charge in [0.1, 0.15) is 12.1 Å². The molecule has 0 saturated heterocycles. The number of allylic oxidation sites excluding steroid dienone is 2. The number of carbonyl (C=O) groups is 4. The molecule has 306 valence electrons. The molecule has 0 fully saturated rings. The number of hydrogen-bond acceptors (Lipinski definition) is 12. The van der Waals surface area contributed by atoms with Gasteiger partial charge < -0.3 is 30.7 Å². The van der Waals surface area contributed by atoms with E-state index < -0.39 is 12.1 Å². The number of unbranched alkanes of at least 4 members (excludes halogenated alkanes) is 9. The lowest BCUT2D eigenvalue weighted by molar-refractivity contribution is -0.147. The summed E-state index contributed by atoms with van der Waals surface area (Å²) < 4.78 is 10.8. The zero-order valence-electron chi connectivity index (χ0n) is 32.7. The van der Waals surface area contributed by atoms with Crippen molar-refractivity contribution in [1.29, 1.82) is 0 Å². The summed E-state index contributed by atoms with van der Waals surface area (Å²) in [7, 11) is 6.41. The van der Waals surface area contributed by atoms with E-state index in [4.69, 9.17) is 20.9 Å². The van der Waals surface area contributed by atoms with Crippen molar-refractivity contribution in [3.8, 4) is 0 Å². The molecule has 0 heterocycles. The minimum atomic E-state index is -0.627. The van der Waals surface area contributed by atoms with Crippen molar-refractivity contribution in [3.63, 3.8) is 0 Å². The summed E-state index contributed by atoms with van der Waals surface area (Å²) >= 11 is 0. The van der Waals surface area contributed by atoms with Crippen molar-refractivity contribution >= 4 is 92.7 Å². The number of rotatable bonds is 31. The van der Waals surface area contributed by atoms with Crippen molar-refractivity contribution in [1.82, 2.24) is 9.80 Å². The van der Waals surface area contributed by atoms with Gasteiger partial charge in [0.15, 0.2) is 0 Å². The van der Waals surface area contributed by atoms with Crippen molar-refractivity contribution in [2.75, 3.05) is 38.8 Å². The van der Waals surface area contributed by atoms with Crippen molar-refractivity contribution in [2.24, 2.45) is 23.3 Å². The normalized spacial score (nSPS) is 13.2. The van der Waals surface area contributed by atoms with Gasteiger partial charge in [-0.25, -0.2) is 0 Å². The fraction of sp³-hybridized carbons (Fsp3) is 0.778. The third-order valence-corrected chi connectivity index (χ3v) is 12.4. The average Bonchev–Trinajstić information content (AvgIpc) is 3.09. The maximum absolute atomic E-state index is 12.1. The van der Waals surface area contributed by atoms with E-state index in [2.05, 4.69) is 0 Å². The van der Waals surface area contributed by atoms with Gasteiger partial charge >= 0.3 is 11.9 Å². The lowest BCUT2D eigenvalue weighted by Gasteiger charge is -2.22. The Labute approximate surface area is 343 Å². The zero-order chi connectivity index (χ0) is 37.9. The number of nitrogens with zero attached hydrogens (tertiary/aromatic N) is 2. The molecule has 2 atom stereocenters. The van der Waals surface area contributed by atoms with Gasteiger partial charge in [-0.1, -0.05) is 122 Å². The summed E-state index contributed by atoms with van der Waals surface area (Å²) in [6.45, 7) is 13.3. The van der Waals surface area contributed by atoms with E-state index in [1.54, 1.807) is 53.0 Å². The molecule has 0 spiro atoms. The van der Waals surface area contributed by atoms with E-state index in [1.807, 2.05) is 54.1 Å². The standard InChI is InChI=1S/C36H66N4O6S4.2ClH/c1-27(2)33(37)35(43)45-23-19-31(49-47-7)29(5)39(25-41)21-17-15-13-11-9-10-12-14-16-18-22-40(26-42)30(6)32(50-48-8)20-24-46-36(44)34(38)28(3)4;;/h25-28,33-34H,9-24,37-38H2,1-8H3;2*1H/b31-29-,32-30-;;/t33-,34-;;/m0../s1. The van der Waals surface area contributed by atoms with Crippen LogP contribution in [0.3, 0.4) is 0 Å². The van der Waals surface area contributed by atoms with E-state index in [-0.39, 0.29) is 61.8 Å². The molecule has 0 unspecified atom stereocenters. The lowest BCUT2D eigenvalue weighted by Crippen LogP contribution is -2.37. The minimum Gasteiger partial charge on any atom is -0.464 e. The average molecular weight is 852 g/mol. The fourth-order valence-electron chi connectivity index (χ4n) is 4.89. The molecule has 0 aromatic heterocycles. The number of ether oxygens (including phenoxy) is 2. The van der Waals surface area contributed by atoms with Crippen LogP contribution >= 0.6 is 68.0 Å². The number of hydrogen-bond donors (Lipinski definition) is 2. The van der Waals surface area contributed by atoms with Gasteiger partial charge in [-0.2, -0.15) is 0 Å². The molecule has 16 heteroatoms. The van der Waals surface area contributed by atoms with E-state index >= 15 is 0 Å². The molecule has 0 aromatic carbocycles.